The van der Waals surface area contributed by atoms with Crippen molar-refractivity contribution < 1.29 is 5.11 Å². The van der Waals surface area contributed by atoms with E-state index in [1.807, 2.05) is 26.0 Å². The summed E-state index contributed by atoms with van der Waals surface area (Å²) in [5.41, 5.74) is 9.25. The second kappa shape index (κ2) is 2.99. The quantitative estimate of drug-likeness (QED) is 0.751. The molecule has 2 rings (SSSR count). The van der Waals surface area contributed by atoms with Gasteiger partial charge in [-0.1, -0.05) is 12.1 Å². The fourth-order valence-corrected chi connectivity index (χ4v) is 1.89. The summed E-state index contributed by atoms with van der Waals surface area (Å²) >= 11 is 0. The first-order valence-corrected chi connectivity index (χ1v) is 5.08. The molecule has 14 heavy (non-hydrogen) atoms. The zero-order valence-corrected chi connectivity index (χ0v) is 8.80. The maximum atomic E-state index is 9.61. The van der Waals surface area contributed by atoms with Crippen molar-refractivity contribution in [2.75, 3.05) is 0 Å². The Bertz CT molecular complexity index is 344. The molecule has 1 aliphatic rings. The molecule has 3 N–H and O–H groups in total. The van der Waals surface area contributed by atoms with Crippen molar-refractivity contribution in [1.29, 1.82) is 0 Å². The molecule has 2 heteroatoms. The van der Waals surface area contributed by atoms with Gasteiger partial charge in [0.2, 0.25) is 0 Å². The Morgan fingerprint density at radius 2 is 1.79 bits per heavy atom. The minimum atomic E-state index is 0.0514. The summed E-state index contributed by atoms with van der Waals surface area (Å²) in [6.07, 6.45) is 3.20. The normalized spacial score (nSPS) is 18.2. The second-order valence-corrected chi connectivity index (χ2v) is 4.62. The van der Waals surface area contributed by atoms with Gasteiger partial charge in [-0.15, -0.1) is 0 Å². The first kappa shape index (κ1) is 9.53. The van der Waals surface area contributed by atoms with Crippen LogP contribution in [0.5, 0.6) is 5.75 Å². The van der Waals surface area contributed by atoms with Crippen LogP contribution in [0.2, 0.25) is 0 Å². The van der Waals surface area contributed by atoms with Gasteiger partial charge < -0.3 is 10.8 Å². The molecule has 0 unspecified atom stereocenters. The molecular weight excluding hydrogens is 174 g/mol. The van der Waals surface area contributed by atoms with Gasteiger partial charge in [0.1, 0.15) is 5.75 Å². The summed E-state index contributed by atoms with van der Waals surface area (Å²) in [5, 5.41) is 9.61. The third-order valence-corrected chi connectivity index (χ3v) is 3.00. The Balaban J connectivity index is 2.26. The summed E-state index contributed by atoms with van der Waals surface area (Å²) in [6, 6.07) is 4.07. The number of rotatable bonds is 2. The standard InChI is InChI=1S/C12H17NO/c1-8-5-10(6-9(2)11(8)14)7-12(13)3-4-12/h5-6,14H,3-4,7,13H2,1-2H3. The van der Waals surface area contributed by atoms with E-state index < -0.39 is 0 Å². The summed E-state index contributed by atoms with van der Waals surface area (Å²) in [6.45, 7) is 3.86. The maximum absolute atomic E-state index is 9.61. The van der Waals surface area contributed by atoms with E-state index in [1.165, 1.54) is 5.56 Å². The fourth-order valence-electron chi connectivity index (χ4n) is 1.89. The fraction of sp³-hybridized carbons (Fsp3) is 0.500. The monoisotopic (exact) mass is 191 g/mol. The number of aromatic hydroxyl groups is 1. The average Bonchev–Trinajstić information content (AvgIpc) is 2.79. The van der Waals surface area contributed by atoms with E-state index in [-0.39, 0.29) is 5.54 Å². The molecule has 1 saturated carbocycles. The van der Waals surface area contributed by atoms with Crippen LogP contribution in [0.15, 0.2) is 12.1 Å². The van der Waals surface area contributed by atoms with Crippen LogP contribution >= 0.6 is 0 Å². The summed E-state index contributed by atoms with van der Waals surface area (Å²) in [4.78, 5) is 0. The summed E-state index contributed by atoms with van der Waals surface area (Å²) < 4.78 is 0. The molecule has 0 bridgehead atoms. The predicted molar refractivity (Wildman–Crippen MR) is 57.4 cm³/mol. The van der Waals surface area contributed by atoms with Crippen molar-refractivity contribution in [2.45, 2.75) is 38.6 Å². The highest BCUT2D eigenvalue weighted by molar-refractivity contribution is 5.42. The zero-order chi connectivity index (χ0) is 10.3. The summed E-state index contributed by atoms with van der Waals surface area (Å²) in [5.74, 6) is 0.413. The third-order valence-electron chi connectivity index (χ3n) is 3.00. The van der Waals surface area contributed by atoms with Gasteiger partial charge in [0.15, 0.2) is 0 Å². The number of aryl methyl sites for hydroxylation is 2. The molecule has 1 aromatic rings. The lowest BCUT2D eigenvalue weighted by Gasteiger charge is -2.11. The highest BCUT2D eigenvalue weighted by atomic mass is 16.3. The van der Waals surface area contributed by atoms with Gasteiger partial charge >= 0.3 is 0 Å². The summed E-state index contributed by atoms with van der Waals surface area (Å²) in [7, 11) is 0. The molecule has 0 aliphatic heterocycles. The Morgan fingerprint density at radius 1 is 1.29 bits per heavy atom. The second-order valence-electron chi connectivity index (χ2n) is 4.62. The van der Waals surface area contributed by atoms with Gasteiger partial charge in [-0.2, -0.15) is 0 Å². The van der Waals surface area contributed by atoms with Crippen molar-refractivity contribution in [3.05, 3.63) is 28.8 Å². The molecule has 0 aromatic heterocycles. The Morgan fingerprint density at radius 3 is 2.21 bits per heavy atom. The van der Waals surface area contributed by atoms with Crippen LogP contribution in [0.1, 0.15) is 29.5 Å². The number of hydrogen-bond donors (Lipinski definition) is 2. The minimum absolute atomic E-state index is 0.0514. The molecule has 1 fully saturated rings. The SMILES string of the molecule is Cc1cc(CC2(N)CC2)cc(C)c1O. The molecular formula is C12H17NO. The molecule has 0 amide bonds. The van der Waals surface area contributed by atoms with Crippen LogP contribution in [0, 0.1) is 13.8 Å². The van der Waals surface area contributed by atoms with Crippen molar-refractivity contribution >= 4 is 0 Å². The van der Waals surface area contributed by atoms with Crippen molar-refractivity contribution in [3.63, 3.8) is 0 Å². The minimum Gasteiger partial charge on any atom is -0.507 e. The van der Waals surface area contributed by atoms with Crippen LogP contribution in [-0.4, -0.2) is 10.6 Å². The van der Waals surface area contributed by atoms with Gasteiger partial charge in [-0.25, -0.2) is 0 Å². The molecule has 0 heterocycles. The number of hydrogen-bond acceptors (Lipinski definition) is 2. The average molecular weight is 191 g/mol. The molecule has 76 valence electrons. The number of phenolic OH excluding ortho intramolecular Hbond substituents is 1. The molecule has 0 atom stereocenters. The Labute approximate surface area is 84.7 Å². The van der Waals surface area contributed by atoms with Crippen molar-refractivity contribution in [1.82, 2.24) is 0 Å². The van der Waals surface area contributed by atoms with Crippen LogP contribution < -0.4 is 5.73 Å². The van der Waals surface area contributed by atoms with Crippen molar-refractivity contribution in [3.8, 4) is 5.75 Å². The van der Waals surface area contributed by atoms with E-state index in [9.17, 15) is 5.11 Å². The molecule has 2 nitrogen and oxygen atoms in total. The largest absolute Gasteiger partial charge is 0.507 e. The predicted octanol–water partition coefficient (Wildman–Crippen LogP) is 2.04. The number of phenols is 1. The molecule has 1 aromatic carbocycles. The van der Waals surface area contributed by atoms with Crippen LogP contribution in [-0.2, 0) is 6.42 Å². The smallest absolute Gasteiger partial charge is 0.121 e. The van der Waals surface area contributed by atoms with Gasteiger partial charge in [-0.05, 0) is 49.8 Å². The van der Waals surface area contributed by atoms with Crippen LogP contribution in [0.3, 0.4) is 0 Å². The lowest BCUT2D eigenvalue weighted by Crippen LogP contribution is -2.24. The molecule has 0 saturated heterocycles. The van der Waals surface area contributed by atoms with Gasteiger partial charge in [-0.3, -0.25) is 0 Å². The Kier molecular flexibility index (Phi) is 2.04. The van der Waals surface area contributed by atoms with Gasteiger partial charge in [0.25, 0.3) is 0 Å². The van der Waals surface area contributed by atoms with E-state index in [2.05, 4.69) is 0 Å². The maximum Gasteiger partial charge on any atom is 0.121 e. The molecule has 1 aliphatic carbocycles. The molecule has 0 spiro atoms. The van der Waals surface area contributed by atoms with E-state index in [0.717, 1.165) is 30.4 Å². The highest BCUT2D eigenvalue weighted by Crippen LogP contribution is 2.36. The third kappa shape index (κ3) is 1.75. The van der Waals surface area contributed by atoms with Crippen LogP contribution in [0.4, 0.5) is 0 Å². The number of benzene rings is 1. The van der Waals surface area contributed by atoms with Crippen LogP contribution in [0.25, 0.3) is 0 Å². The topological polar surface area (TPSA) is 46.2 Å². The Hall–Kier alpha value is -1.02. The van der Waals surface area contributed by atoms with E-state index >= 15 is 0 Å². The highest BCUT2D eigenvalue weighted by Gasteiger charge is 2.37. The van der Waals surface area contributed by atoms with Gasteiger partial charge in [0, 0.05) is 5.54 Å². The van der Waals surface area contributed by atoms with Crippen molar-refractivity contribution in [2.24, 2.45) is 5.73 Å². The van der Waals surface area contributed by atoms with E-state index in [0.29, 0.717) is 5.75 Å². The lowest BCUT2D eigenvalue weighted by atomic mass is 9.99. The first-order valence-electron chi connectivity index (χ1n) is 5.08. The zero-order valence-electron chi connectivity index (χ0n) is 8.80. The first-order chi connectivity index (χ1) is 6.50. The van der Waals surface area contributed by atoms with Gasteiger partial charge in [0.05, 0.1) is 0 Å². The molecule has 0 radical (unpaired) electrons. The van der Waals surface area contributed by atoms with E-state index in [4.69, 9.17) is 5.73 Å². The lowest BCUT2D eigenvalue weighted by molar-refractivity contribution is 0.466. The number of nitrogens with two attached hydrogens (primary N) is 1. The van der Waals surface area contributed by atoms with E-state index in [1.54, 1.807) is 0 Å².